The van der Waals surface area contributed by atoms with Gasteiger partial charge in [-0.25, -0.2) is 0 Å². The zero-order valence-electron chi connectivity index (χ0n) is 29.8. The molecule has 0 heterocycles. The zero-order valence-corrected chi connectivity index (χ0v) is 30.7. The number of phosphoric ester groups is 1. The molecular formula is C36H71N2O6P. The van der Waals surface area contributed by atoms with Gasteiger partial charge in [-0.2, -0.15) is 0 Å². The smallest absolute Gasteiger partial charge is 0.268 e. The first-order valence-corrected chi connectivity index (χ1v) is 19.7. The van der Waals surface area contributed by atoms with Crippen molar-refractivity contribution in [3.05, 3.63) is 24.3 Å². The summed E-state index contributed by atoms with van der Waals surface area (Å²) in [6, 6.07) is -0.882. The molecule has 0 saturated carbocycles. The highest BCUT2D eigenvalue weighted by Gasteiger charge is 2.23. The number of likely N-dealkylation sites (N-methyl/N-ethyl adjacent to an activating group) is 1. The molecule has 0 bridgehead atoms. The number of allylic oxidation sites excluding steroid dienone is 3. The van der Waals surface area contributed by atoms with E-state index in [0.717, 1.165) is 38.5 Å². The fraction of sp³-hybridized carbons (Fsp3) is 0.861. The summed E-state index contributed by atoms with van der Waals surface area (Å²) in [6.45, 7) is 4.54. The second kappa shape index (κ2) is 29.1. The number of phosphoric acid groups is 1. The maximum absolute atomic E-state index is 12.7. The third-order valence-electron chi connectivity index (χ3n) is 7.89. The van der Waals surface area contributed by atoms with Gasteiger partial charge >= 0.3 is 0 Å². The van der Waals surface area contributed by atoms with Gasteiger partial charge in [-0.3, -0.25) is 9.36 Å². The van der Waals surface area contributed by atoms with Crippen LogP contribution in [0.25, 0.3) is 0 Å². The second-order valence-corrected chi connectivity index (χ2v) is 15.0. The molecule has 1 unspecified atom stereocenters. The third-order valence-corrected chi connectivity index (χ3v) is 8.85. The number of nitrogens with one attached hydrogen (secondary N) is 1. The second-order valence-electron chi connectivity index (χ2n) is 13.6. The highest BCUT2D eigenvalue weighted by atomic mass is 31.2. The number of carbonyl (C=O) groups excluding carboxylic acids is 1. The number of nitrogens with zero attached hydrogens (tertiary/aromatic N) is 1. The number of amides is 1. The molecule has 1 amide bonds. The molecular weight excluding hydrogens is 587 g/mol. The van der Waals surface area contributed by atoms with Crippen LogP contribution in [0.5, 0.6) is 0 Å². The Morgan fingerprint density at radius 3 is 1.82 bits per heavy atom. The van der Waals surface area contributed by atoms with Crippen LogP contribution in [-0.4, -0.2) is 68.5 Å². The molecule has 8 nitrogen and oxygen atoms in total. The highest BCUT2D eigenvalue weighted by molar-refractivity contribution is 7.45. The van der Waals surface area contributed by atoms with Crippen LogP contribution in [0.4, 0.5) is 0 Å². The van der Waals surface area contributed by atoms with Crippen molar-refractivity contribution < 1.29 is 32.9 Å². The standard InChI is InChI=1S/C36H71N2O6P/c1-6-8-10-12-14-16-18-19-20-21-23-25-27-29-35(39)34(33-44-45(41,42)43-32-31-38(3,4)5)37-36(40)30-28-26-24-22-17-15-13-11-9-7-2/h10,12,27,29,34-35,39H,6-9,11,13-26,28,30-33H2,1-5H3,(H-,37,40,41,42)/b12-10+,29-27+/t34-,35+/m0/s1. The Kier molecular flexibility index (Phi) is 28.5. The lowest BCUT2D eigenvalue weighted by Gasteiger charge is -2.29. The van der Waals surface area contributed by atoms with Crippen molar-refractivity contribution in [1.29, 1.82) is 0 Å². The highest BCUT2D eigenvalue weighted by Crippen LogP contribution is 2.38. The topological polar surface area (TPSA) is 108 Å². The van der Waals surface area contributed by atoms with Gasteiger partial charge in [0, 0.05) is 6.42 Å². The average Bonchev–Trinajstić information content (AvgIpc) is 2.97. The molecule has 0 radical (unpaired) electrons. The third kappa shape index (κ3) is 31.4. The maximum atomic E-state index is 12.7. The van der Waals surface area contributed by atoms with Crippen LogP contribution in [0.2, 0.25) is 0 Å². The van der Waals surface area contributed by atoms with E-state index < -0.39 is 20.0 Å². The molecule has 0 aromatic rings. The van der Waals surface area contributed by atoms with Crippen LogP contribution in [-0.2, 0) is 18.4 Å². The molecule has 0 aromatic heterocycles. The molecule has 266 valence electrons. The Labute approximate surface area is 277 Å². The van der Waals surface area contributed by atoms with E-state index >= 15 is 0 Å². The van der Waals surface area contributed by atoms with Gasteiger partial charge in [-0.1, -0.05) is 128 Å². The number of rotatable bonds is 32. The van der Waals surface area contributed by atoms with Crippen molar-refractivity contribution in [2.45, 2.75) is 161 Å². The molecule has 0 saturated heterocycles. The van der Waals surface area contributed by atoms with Crippen LogP contribution in [0.3, 0.4) is 0 Å². The SMILES string of the molecule is CCC/C=C/CCCCCCCC/C=C/[C@@H](O)[C@H](COP(=O)([O-])OCC[N+](C)(C)C)NC(=O)CCCCCCCCCCCC. The Morgan fingerprint density at radius 1 is 0.756 bits per heavy atom. The predicted molar refractivity (Wildman–Crippen MR) is 187 cm³/mol. The van der Waals surface area contributed by atoms with Gasteiger partial charge in [0.1, 0.15) is 13.2 Å². The van der Waals surface area contributed by atoms with Crippen LogP contribution < -0.4 is 10.2 Å². The Morgan fingerprint density at radius 2 is 1.27 bits per heavy atom. The largest absolute Gasteiger partial charge is 0.756 e. The molecule has 3 atom stereocenters. The van der Waals surface area contributed by atoms with Gasteiger partial charge in [0.25, 0.3) is 7.82 Å². The van der Waals surface area contributed by atoms with Crippen LogP contribution >= 0.6 is 7.82 Å². The van der Waals surface area contributed by atoms with E-state index in [1.54, 1.807) is 6.08 Å². The molecule has 0 aliphatic rings. The van der Waals surface area contributed by atoms with Gasteiger partial charge in [-0.15, -0.1) is 0 Å². The van der Waals surface area contributed by atoms with E-state index in [1.807, 2.05) is 27.2 Å². The van der Waals surface area contributed by atoms with Crippen LogP contribution in [0, 0.1) is 0 Å². The lowest BCUT2D eigenvalue weighted by Crippen LogP contribution is -2.45. The summed E-state index contributed by atoms with van der Waals surface area (Å²) in [7, 11) is 1.25. The number of unbranched alkanes of at least 4 members (excludes halogenated alkanes) is 17. The van der Waals surface area contributed by atoms with Crippen molar-refractivity contribution in [3.63, 3.8) is 0 Å². The van der Waals surface area contributed by atoms with E-state index in [9.17, 15) is 19.4 Å². The number of carbonyl (C=O) groups is 1. The molecule has 0 rings (SSSR count). The summed E-state index contributed by atoms with van der Waals surface area (Å²) in [4.78, 5) is 25.0. The summed E-state index contributed by atoms with van der Waals surface area (Å²) >= 11 is 0. The molecule has 0 aromatic carbocycles. The Balaban J connectivity index is 4.59. The van der Waals surface area contributed by atoms with E-state index in [-0.39, 0.29) is 19.1 Å². The monoisotopic (exact) mass is 659 g/mol. The van der Waals surface area contributed by atoms with Crippen LogP contribution in [0.15, 0.2) is 24.3 Å². The summed E-state index contributed by atoms with van der Waals surface area (Å²) in [5.41, 5.74) is 0. The minimum absolute atomic E-state index is 0.00148. The number of hydrogen-bond donors (Lipinski definition) is 2. The summed E-state index contributed by atoms with van der Waals surface area (Å²) in [5, 5.41) is 13.6. The first-order chi connectivity index (χ1) is 21.5. The maximum Gasteiger partial charge on any atom is 0.268 e. The predicted octanol–water partition coefficient (Wildman–Crippen LogP) is 8.38. The van der Waals surface area contributed by atoms with Crippen molar-refractivity contribution >= 4 is 13.7 Å². The minimum Gasteiger partial charge on any atom is -0.756 e. The number of aliphatic hydroxyl groups excluding tert-OH is 1. The Bertz CT molecular complexity index is 799. The van der Waals surface area contributed by atoms with E-state index in [2.05, 4.69) is 31.3 Å². The molecule has 0 aliphatic carbocycles. The van der Waals surface area contributed by atoms with Crippen molar-refractivity contribution in [1.82, 2.24) is 5.32 Å². The first kappa shape index (κ1) is 44.0. The zero-order chi connectivity index (χ0) is 33.7. The average molecular weight is 659 g/mol. The summed E-state index contributed by atoms with van der Waals surface area (Å²) < 4.78 is 23.0. The Hall–Kier alpha value is -1.02. The molecule has 0 aliphatic heterocycles. The van der Waals surface area contributed by atoms with E-state index in [1.165, 1.54) is 89.9 Å². The molecule has 9 heteroatoms. The van der Waals surface area contributed by atoms with Crippen molar-refractivity contribution in [3.8, 4) is 0 Å². The quantitative estimate of drug-likeness (QED) is 0.0325. The summed E-state index contributed by atoms with van der Waals surface area (Å²) in [6.07, 6.45) is 30.7. The fourth-order valence-electron chi connectivity index (χ4n) is 4.92. The summed E-state index contributed by atoms with van der Waals surface area (Å²) in [5.74, 6) is -0.205. The lowest BCUT2D eigenvalue weighted by molar-refractivity contribution is -0.870. The van der Waals surface area contributed by atoms with Crippen LogP contribution in [0.1, 0.15) is 149 Å². The van der Waals surface area contributed by atoms with Gasteiger partial charge in [0.2, 0.25) is 5.91 Å². The van der Waals surface area contributed by atoms with Crippen molar-refractivity contribution in [2.24, 2.45) is 0 Å². The molecule has 45 heavy (non-hydrogen) atoms. The molecule has 0 fully saturated rings. The number of aliphatic hydroxyl groups is 1. The van der Waals surface area contributed by atoms with Crippen molar-refractivity contribution in [2.75, 3.05) is 40.9 Å². The minimum atomic E-state index is -4.57. The normalized spacial score (nSPS) is 15.1. The van der Waals surface area contributed by atoms with Gasteiger partial charge in [-0.05, 0) is 38.5 Å². The lowest BCUT2D eigenvalue weighted by atomic mass is 10.1. The number of hydrogen-bond acceptors (Lipinski definition) is 6. The fourth-order valence-corrected chi connectivity index (χ4v) is 5.64. The van der Waals surface area contributed by atoms with Gasteiger partial charge in [0.05, 0.1) is 39.9 Å². The molecule has 0 spiro atoms. The first-order valence-electron chi connectivity index (χ1n) is 18.2. The van der Waals surface area contributed by atoms with E-state index in [0.29, 0.717) is 17.4 Å². The molecule has 2 N–H and O–H groups in total. The van der Waals surface area contributed by atoms with Gasteiger partial charge < -0.3 is 28.8 Å². The number of quaternary nitrogens is 1. The van der Waals surface area contributed by atoms with E-state index in [4.69, 9.17) is 9.05 Å². The van der Waals surface area contributed by atoms with Gasteiger partial charge in [0.15, 0.2) is 0 Å².